The minimum atomic E-state index is 0.822. The molecule has 0 aliphatic heterocycles. The zero-order valence-electron chi connectivity index (χ0n) is 11.5. The Morgan fingerprint density at radius 2 is 1.95 bits per heavy atom. The molecule has 0 bridgehead atoms. The van der Waals surface area contributed by atoms with E-state index >= 15 is 0 Å². The summed E-state index contributed by atoms with van der Waals surface area (Å²) in [5, 5.41) is 1.16. The summed E-state index contributed by atoms with van der Waals surface area (Å²) in [6.07, 6.45) is 0.942. The minimum absolute atomic E-state index is 0.822. The molecule has 0 spiro atoms. The van der Waals surface area contributed by atoms with E-state index in [-0.39, 0.29) is 0 Å². The number of hydrogen-bond donors (Lipinski definition) is 0. The molecular formula is C15H17N3S. The van der Waals surface area contributed by atoms with Crippen LogP contribution in [0.15, 0.2) is 24.3 Å². The fourth-order valence-corrected chi connectivity index (χ4v) is 3.24. The lowest BCUT2D eigenvalue weighted by Gasteiger charge is -2.05. The van der Waals surface area contributed by atoms with Gasteiger partial charge in [0.2, 0.25) is 0 Å². The number of imidazole rings is 1. The van der Waals surface area contributed by atoms with E-state index in [0.29, 0.717) is 0 Å². The van der Waals surface area contributed by atoms with Crippen molar-refractivity contribution in [1.82, 2.24) is 14.5 Å². The summed E-state index contributed by atoms with van der Waals surface area (Å²) in [6.45, 7) is 7.17. The normalized spacial score (nSPS) is 11.3. The Hall–Kier alpha value is -1.68. The fraction of sp³-hybridized carbons (Fsp3) is 0.333. The maximum Gasteiger partial charge on any atom is 0.113 e. The van der Waals surface area contributed by atoms with E-state index < -0.39 is 0 Å². The molecule has 3 nitrogen and oxygen atoms in total. The van der Waals surface area contributed by atoms with Crippen LogP contribution in [0.1, 0.15) is 28.3 Å². The highest BCUT2D eigenvalue weighted by atomic mass is 32.1. The van der Waals surface area contributed by atoms with E-state index in [9.17, 15) is 0 Å². The van der Waals surface area contributed by atoms with Crippen LogP contribution in [-0.2, 0) is 13.0 Å². The number of hydrogen-bond acceptors (Lipinski definition) is 3. The Kier molecular flexibility index (Phi) is 3.11. The van der Waals surface area contributed by atoms with Gasteiger partial charge in [0, 0.05) is 11.3 Å². The Bertz CT molecular complexity index is 705. The number of fused-ring (bicyclic) bond motifs is 1. The third kappa shape index (κ3) is 2.16. The van der Waals surface area contributed by atoms with Crippen LogP contribution >= 0.6 is 11.3 Å². The van der Waals surface area contributed by atoms with Crippen molar-refractivity contribution in [1.29, 1.82) is 0 Å². The lowest BCUT2D eigenvalue weighted by atomic mass is 10.3. The SMILES string of the molecule is CCc1nc2ccccc2n1Cc1nc(C)c(C)s1. The third-order valence-electron chi connectivity index (χ3n) is 3.42. The van der Waals surface area contributed by atoms with Gasteiger partial charge in [-0.3, -0.25) is 0 Å². The minimum Gasteiger partial charge on any atom is -0.321 e. The van der Waals surface area contributed by atoms with E-state index in [0.717, 1.165) is 35.0 Å². The highest BCUT2D eigenvalue weighted by Crippen LogP contribution is 2.22. The van der Waals surface area contributed by atoms with Gasteiger partial charge in [-0.2, -0.15) is 0 Å². The summed E-state index contributed by atoms with van der Waals surface area (Å²) in [7, 11) is 0. The molecule has 19 heavy (non-hydrogen) atoms. The summed E-state index contributed by atoms with van der Waals surface area (Å²) in [5.74, 6) is 1.13. The molecule has 0 aliphatic rings. The van der Waals surface area contributed by atoms with Crippen molar-refractivity contribution < 1.29 is 0 Å². The van der Waals surface area contributed by atoms with Crippen LogP contribution in [0.4, 0.5) is 0 Å². The quantitative estimate of drug-likeness (QED) is 0.727. The van der Waals surface area contributed by atoms with E-state index in [1.165, 1.54) is 10.4 Å². The summed E-state index contributed by atoms with van der Waals surface area (Å²) < 4.78 is 2.28. The highest BCUT2D eigenvalue weighted by molar-refractivity contribution is 7.11. The van der Waals surface area contributed by atoms with Gasteiger partial charge >= 0.3 is 0 Å². The second-order valence-corrected chi connectivity index (χ2v) is 5.99. The molecule has 3 rings (SSSR count). The van der Waals surface area contributed by atoms with Crippen LogP contribution in [0.5, 0.6) is 0 Å². The molecule has 3 aromatic rings. The summed E-state index contributed by atoms with van der Waals surface area (Å²) in [4.78, 5) is 10.6. The van der Waals surface area contributed by atoms with Gasteiger partial charge in [-0.25, -0.2) is 9.97 Å². The van der Waals surface area contributed by atoms with Gasteiger partial charge < -0.3 is 4.57 Å². The number of benzene rings is 1. The van der Waals surface area contributed by atoms with Crippen molar-refractivity contribution in [3.63, 3.8) is 0 Å². The molecule has 0 saturated carbocycles. The van der Waals surface area contributed by atoms with E-state index in [1.54, 1.807) is 11.3 Å². The Labute approximate surface area is 116 Å². The monoisotopic (exact) mass is 271 g/mol. The third-order valence-corrected chi connectivity index (χ3v) is 4.47. The summed E-state index contributed by atoms with van der Waals surface area (Å²) in [6, 6.07) is 8.31. The van der Waals surface area contributed by atoms with Gasteiger partial charge in [-0.15, -0.1) is 11.3 Å². The first-order valence-corrected chi connectivity index (χ1v) is 7.37. The average molecular weight is 271 g/mol. The summed E-state index contributed by atoms with van der Waals surface area (Å²) in [5.41, 5.74) is 3.41. The Morgan fingerprint density at radius 3 is 2.63 bits per heavy atom. The Morgan fingerprint density at radius 1 is 1.16 bits per heavy atom. The van der Waals surface area contributed by atoms with Crippen LogP contribution in [0.25, 0.3) is 11.0 Å². The summed E-state index contributed by atoms with van der Waals surface area (Å²) >= 11 is 1.78. The van der Waals surface area contributed by atoms with Gasteiger partial charge in [0.05, 0.1) is 23.3 Å². The number of nitrogens with zero attached hydrogens (tertiary/aromatic N) is 3. The molecule has 0 unspecified atom stereocenters. The molecule has 0 radical (unpaired) electrons. The lowest BCUT2D eigenvalue weighted by Crippen LogP contribution is -2.04. The predicted molar refractivity (Wildman–Crippen MR) is 79.8 cm³/mol. The largest absolute Gasteiger partial charge is 0.321 e. The predicted octanol–water partition coefficient (Wildman–Crippen LogP) is 3.72. The number of aryl methyl sites for hydroxylation is 3. The van der Waals surface area contributed by atoms with Gasteiger partial charge in [0.1, 0.15) is 10.8 Å². The first kappa shape index (κ1) is 12.4. The maximum absolute atomic E-state index is 4.70. The Balaban J connectivity index is 2.08. The van der Waals surface area contributed by atoms with Gasteiger partial charge in [-0.05, 0) is 26.0 Å². The molecule has 0 atom stereocenters. The zero-order chi connectivity index (χ0) is 13.4. The number of rotatable bonds is 3. The number of aromatic nitrogens is 3. The number of para-hydroxylation sites is 2. The maximum atomic E-state index is 4.70. The van der Waals surface area contributed by atoms with Crippen molar-refractivity contribution in [2.75, 3.05) is 0 Å². The van der Waals surface area contributed by atoms with Gasteiger partial charge in [-0.1, -0.05) is 19.1 Å². The zero-order valence-corrected chi connectivity index (χ0v) is 12.3. The van der Waals surface area contributed by atoms with E-state index in [2.05, 4.69) is 48.5 Å². The molecule has 2 aromatic heterocycles. The first-order chi connectivity index (χ1) is 9.19. The van der Waals surface area contributed by atoms with E-state index in [4.69, 9.17) is 4.98 Å². The number of thiazole rings is 1. The first-order valence-electron chi connectivity index (χ1n) is 6.56. The molecule has 4 heteroatoms. The highest BCUT2D eigenvalue weighted by Gasteiger charge is 2.11. The van der Waals surface area contributed by atoms with Gasteiger partial charge in [0.15, 0.2) is 0 Å². The molecule has 0 amide bonds. The van der Waals surface area contributed by atoms with Crippen LogP contribution < -0.4 is 0 Å². The second-order valence-electron chi connectivity index (χ2n) is 4.71. The van der Waals surface area contributed by atoms with Crippen molar-refractivity contribution in [2.24, 2.45) is 0 Å². The second kappa shape index (κ2) is 4.78. The van der Waals surface area contributed by atoms with Gasteiger partial charge in [0.25, 0.3) is 0 Å². The molecule has 0 N–H and O–H groups in total. The van der Waals surface area contributed by atoms with Crippen LogP contribution in [0.2, 0.25) is 0 Å². The molecule has 2 heterocycles. The molecule has 0 saturated heterocycles. The van der Waals surface area contributed by atoms with Crippen molar-refractivity contribution in [3.05, 3.63) is 45.7 Å². The topological polar surface area (TPSA) is 30.7 Å². The van der Waals surface area contributed by atoms with Crippen molar-refractivity contribution in [3.8, 4) is 0 Å². The lowest BCUT2D eigenvalue weighted by molar-refractivity contribution is 0.747. The fourth-order valence-electron chi connectivity index (χ4n) is 2.31. The molecule has 0 fully saturated rings. The van der Waals surface area contributed by atoms with Crippen LogP contribution in [0, 0.1) is 13.8 Å². The van der Waals surface area contributed by atoms with Crippen molar-refractivity contribution >= 4 is 22.4 Å². The molecule has 1 aromatic carbocycles. The molecule has 98 valence electrons. The van der Waals surface area contributed by atoms with Crippen LogP contribution in [-0.4, -0.2) is 14.5 Å². The average Bonchev–Trinajstić information content (AvgIpc) is 2.92. The standard InChI is InChI=1S/C15H17N3S/c1-4-14-17-12-7-5-6-8-13(12)18(14)9-15-16-10(2)11(3)19-15/h5-8H,4,9H2,1-3H3. The molecular weight excluding hydrogens is 254 g/mol. The van der Waals surface area contributed by atoms with E-state index in [1.807, 2.05) is 6.07 Å². The molecule has 0 aliphatic carbocycles. The smallest absolute Gasteiger partial charge is 0.113 e. The van der Waals surface area contributed by atoms with Crippen molar-refractivity contribution in [2.45, 2.75) is 33.7 Å². The van der Waals surface area contributed by atoms with Crippen LogP contribution in [0.3, 0.4) is 0 Å².